The van der Waals surface area contributed by atoms with Gasteiger partial charge in [-0.15, -0.1) is 11.3 Å². The van der Waals surface area contributed by atoms with Gasteiger partial charge in [0.25, 0.3) is 0 Å². The largest absolute Gasteiger partial charge is 0.488 e. The molecule has 0 atom stereocenters. The number of benzene rings is 1. The smallest absolute Gasteiger partial charge is 0.124 e. The quantitative estimate of drug-likeness (QED) is 0.828. The van der Waals surface area contributed by atoms with Crippen LogP contribution in [0.4, 0.5) is 0 Å². The molecule has 0 saturated heterocycles. The van der Waals surface area contributed by atoms with Crippen molar-refractivity contribution in [3.8, 4) is 5.75 Å². The van der Waals surface area contributed by atoms with Gasteiger partial charge in [-0.05, 0) is 25.1 Å². The highest BCUT2D eigenvalue weighted by Crippen LogP contribution is 2.25. The van der Waals surface area contributed by atoms with Crippen molar-refractivity contribution in [1.82, 2.24) is 5.32 Å². The van der Waals surface area contributed by atoms with Crippen molar-refractivity contribution in [1.29, 1.82) is 0 Å². The van der Waals surface area contributed by atoms with Crippen LogP contribution in [0.5, 0.6) is 5.75 Å². The Morgan fingerprint density at radius 3 is 2.70 bits per heavy atom. The molecule has 1 heterocycles. The van der Waals surface area contributed by atoms with Crippen LogP contribution in [0, 0.1) is 6.92 Å². The maximum Gasteiger partial charge on any atom is 0.124 e. The van der Waals surface area contributed by atoms with E-state index in [0.717, 1.165) is 21.5 Å². The van der Waals surface area contributed by atoms with E-state index in [1.54, 1.807) is 11.3 Å². The van der Waals surface area contributed by atoms with Gasteiger partial charge in [0.05, 0.1) is 4.34 Å². The van der Waals surface area contributed by atoms with Gasteiger partial charge in [0, 0.05) is 23.0 Å². The highest BCUT2D eigenvalue weighted by molar-refractivity contribution is 7.16. The van der Waals surface area contributed by atoms with Gasteiger partial charge in [-0.1, -0.05) is 43.1 Å². The summed E-state index contributed by atoms with van der Waals surface area (Å²) in [4.78, 5) is 1.14. The molecule has 0 aliphatic rings. The van der Waals surface area contributed by atoms with E-state index in [0.29, 0.717) is 12.6 Å². The monoisotopic (exact) mass is 309 g/mol. The van der Waals surface area contributed by atoms with Crippen LogP contribution in [0.1, 0.15) is 29.9 Å². The molecule has 1 N–H and O–H groups in total. The van der Waals surface area contributed by atoms with E-state index in [1.165, 1.54) is 11.1 Å². The average molecular weight is 310 g/mol. The van der Waals surface area contributed by atoms with E-state index in [-0.39, 0.29) is 0 Å². The van der Waals surface area contributed by atoms with E-state index in [4.69, 9.17) is 16.3 Å². The lowest BCUT2D eigenvalue weighted by Crippen LogP contribution is -2.22. The molecule has 0 amide bonds. The number of aryl methyl sites for hydroxylation is 1. The first-order valence-electron chi connectivity index (χ1n) is 6.74. The van der Waals surface area contributed by atoms with Gasteiger partial charge < -0.3 is 10.1 Å². The number of rotatable bonds is 6. The molecule has 1 aromatic carbocycles. The number of hydrogen-bond donors (Lipinski definition) is 1. The highest BCUT2D eigenvalue weighted by Gasteiger charge is 2.06. The van der Waals surface area contributed by atoms with Crippen molar-refractivity contribution in [3.05, 3.63) is 50.7 Å². The molecule has 0 spiro atoms. The van der Waals surface area contributed by atoms with Crippen LogP contribution in [0.2, 0.25) is 4.34 Å². The van der Waals surface area contributed by atoms with Crippen molar-refractivity contribution in [2.45, 2.75) is 40.0 Å². The van der Waals surface area contributed by atoms with Crippen molar-refractivity contribution in [2.24, 2.45) is 0 Å². The fourth-order valence-corrected chi connectivity index (χ4v) is 2.88. The van der Waals surface area contributed by atoms with E-state index in [2.05, 4.69) is 38.2 Å². The summed E-state index contributed by atoms with van der Waals surface area (Å²) in [6.07, 6.45) is 0. The van der Waals surface area contributed by atoms with Gasteiger partial charge in [-0.3, -0.25) is 0 Å². The molecule has 108 valence electrons. The van der Waals surface area contributed by atoms with Crippen molar-refractivity contribution >= 4 is 22.9 Å². The first-order valence-corrected chi connectivity index (χ1v) is 7.94. The molecule has 0 saturated carbocycles. The maximum absolute atomic E-state index is 5.94. The molecular formula is C16H20ClNOS. The molecule has 0 radical (unpaired) electrons. The minimum Gasteiger partial charge on any atom is -0.488 e. The SMILES string of the molecule is Cc1ccc(OCc2ccc(Cl)s2)c(CNC(C)C)c1. The van der Waals surface area contributed by atoms with Gasteiger partial charge in [0.15, 0.2) is 0 Å². The zero-order chi connectivity index (χ0) is 14.5. The number of thiophene rings is 1. The number of halogens is 1. The molecule has 0 unspecified atom stereocenters. The van der Waals surface area contributed by atoms with Gasteiger partial charge in [0.2, 0.25) is 0 Å². The third-order valence-corrected chi connectivity index (χ3v) is 4.12. The summed E-state index contributed by atoms with van der Waals surface area (Å²) in [6, 6.07) is 10.7. The predicted molar refractivity (Wildman–Crippen MR) is 86.8 cm³/mol. The second-order valence-electron chi connectivity index (χ2n) is 5.14. The summed E-state index contributed by atoms with van der Waals surface area (Å²) in [5, 5.41) is 3.43. The van der Waals surface area contributed by atoms with Gasteiger partial charge >= 0.3 is 0 Å². The Hall–Kier alpha value is -1.03. The van der Waals surface area contributed by atoms with E-state index >= 15 is 0 Å². The molecule has 2 nitrogen and oxygen atoms in total. The van der Waals surface area contributed by atoms with Gasteiger partial charge in [-0.2, -0.15) is 0 Å². The van der Waals surface area contributed by atoms with Crippen LogP contribution < -0.4 is 10.1 Å². The van der Waals surface area contributed by atoms with Crippen LogP contribution >= 0.6 is 22.9 Å². The minimum atomic E-state index is 0.458. The summed E-state index contributed by atoms with van der Waals surface area (Å²) in [5.41, 5.74) is 2.44. The third-order valence-electron chi connectivity index (χ3n) is 2.92. The highest BCUT2D eigenvalue weighted by atomic mass is 35.5. The lowest BCUT2D eigenvalue weighted by molar-refractivity contribution is 0.305. The normalized spacial score (nSPS) is 11.1. The second-order valence-corrected chi connectivity index (χ2v) is 6.94. The van der Waals surface area contributed by atoms with Crippen LogP contribution in [-0.2, 0) is 13.2 Å². The Morgan fingerprint density at radius 2 is 2.05 bits per heavy atom. The number of hydrogen-bond acceptors (Lipinski definition) is 3. The Morgan fingerprint density at radius 1 is 1.25 bits per heavy atom. The molecule has 0 bridgehead atoms. The predicted octanol–water partition coefficient (Wildman–Crippen LogP) is 4.79. The molecule has 0 fully saturated rings. The first-order chi connectivity index (χ1) is 9.54. The number of ether oxygens (including phenoxy) is 1. The van der Waals surface area contributed by atoms with Gasteiger partial charge in [-0.25, -0.2) is 0 Å². The lowest BCUT2D eigenvalue weighted by Gasteiger charge is -2.14. The Bertz CT molecular complexity index is 565. The summed E-state index contributed by atoms with van der Waals surface area (Å²) < 4.78 is 6.74. The molecule has 0 aliphatic heterocycles. The molecule has 0 aliphatic carbocycles. The first kappa shape index (κ1) is 15.4. The fraction of sp³-hybridized carbons (Fsp3) is 0.375. The average Bonchev–Trinajstić information content (AvgIpc) is 2.81. The third kappa shape index (κ3) is 4.51. The zero-order valence-electron chi connectivity index (χ0n) is 12.1. The van der Waals surface area contributed by atoms with Crippen LogP contribution in [-0.4, -0.2) is 6.04 Å². The molecule has 2 rings (SSSR count). The zero-order valence-corrected chi connectivity index (χ0v) is 13.6. The second kappa shape index (κ2) is 7.11. The summed E-state index contributed by atoms with van der Waals surface area (Å²) >= 11 is 7.49. The van der Waals surface area contributed by atoms with E-state index in [9.17, 15) is 0 Å². The van der Waals surface area contributed by atoms with Crippen molar-refractivity contribution in [2.75, 3.05) is 0 Å². The van der Waals surface area contributed by atoms with E-state index in [1.807, 2.05) is 18.2 Å². The van der Waals surface area contributed by atoms with Crippen LogP contribution in [0.3, 0.4) is 0 Å². The topological polar surface area (TPSA) is 21.3 Å². The van der Waals surface area contributed by atoms with E-state index < -0.39 is 0 Å². The summed E-state index contributed by atoms with van der Waals surface area (Å²) in [5.74, 6) is 0.938. The van der Waals surface area contributed by atoms with Crippen molar-refractivity contribution < 1.29 is 4.74 Å². The van der Waals surface area contributed by atoms with Crippen molar-refractivity contribution in [3.63, 3.8) is 0 Å². The van der Waals surface area contributed by atoms with Gasteiger partial charge in [0.1, 0.15) is 12.4 Å². The minimum absolute atomic E-state index is 0.458. The molecule has 2 aromatic rings. The Labute approximate surface area is 129 Å². The Balaban J connectivity index is 2.05. The molecule has 20 heavy (non-hydrogen) atoms. The summed E-state index contributed by atoms with van der Waals surface area (Å²) in [6.45, 7) is 7.77. The number of nitrogens with one attached hydrogen (secondary N) is 1. The van der Waals surface area contributed by atoms with Crippen LogP contribution in [0.15, 0.2) is 30.3 Å². The summed E-state index contributed by atoms with van der Waals surface area (Å²) in [7, 11) is 0. The lowest BCUT2D eigenvalue weighted by atomic mass is 10.1. The Kier molecular flexibility index (Phi) is 5.46. The fourth-order valence-electron chi connectivity index (χ4n) is 1.88. The molecule has 4 heteroatoms. The maximum atomic E-state index is 5.94. The molecular weight excluding hydrogens is 290 g/mol. The standard InChI is InChI=1S/C16H20ClNOS/c1-11(2)18-9-13-8-12(3)4-6-15(13)19-10-14-5-7-16(17)20-14/h4-8,11,18H,9-10H2,1-3H3. The molecule has 1 aromatic heterocycles. The van der Waals surface area contributed by atoms with Crippen LogP contribution in [0.25, 0.3) is 0 Å².